The molecule has 0 aliphatic carbocycles. The molecule has 1 heterocycles. The minimum Gasteiger partial charge on any atom is -0.329 e. The molecule has 3 heteroatoms. The van der Waals surface area contributed by atoms with Gasteiger partial charge in [0.05, 0.1) is 0 Å². The van der Waals surface area contributed by atoms with E-state index < -0.39 is 0 Å². The molecule has 0 bridgehead atoms. The molecule has 1 aromatic heterocycles. The molecule has 1 atom stereocenters. The highest BCUT2D eigenvalue weighted by molar-refractivity contribution is 7.99. The van der Waals surface area contributed by atoms with Crippen LogP contribution >= 0.6 is 23.1 Å². The topological polar surface area (TPSA) is 26.0 Å². The van der Waals surface area contributed by atoms with Crippen LogP contribution in [0.5, 0.6) is 0 Å². The van der Waals surface area contributed by atoms with Crippen LogP contribution in [-0.4, -0.2) is 6.54 Å². The zero-order valence-electron chi connectivity index (χ0n) is 9.22. The van der Waals surface area contributed by atoms with Gasteiger partial charge in [-0.3, -0.25) is 0 Å². The van der Waals surface area contributed by atoms with Gasteiger partial charge >= 0.3 is 0 Å². The van der Waals surface area contributed by atoms with Gasteiger partial charge in [0.25, 0.3) is 0 Å². The first kappa shape index (κ1) is 11.7. The average Bonchev–Trinajstić information content (AvgIpc) is 2.79. The highest BCUT2D eigenvalue weighted by Crippen LogP contribution is 2.35. The molecule has 2 N–H and O–H groups in total. The molecular formula is C13H15NS2. The Labute approximate surface area is 105 Å². The standard InChI is InChI=1S/C13H15NS2/c1-10-3-2-4-12(7-10)16-13(8-14)11-5-6-15-9-11/h2-7,9,13H,8,14H2,1H3. The second kappa shape index (κ2) is 5.53. The van der Waals surface area contributed by atoms with Crippen molar-refractivity contribution in [2.45, 2.75) is 17.1 Å². The molecule has 84 valence electrons. The van der Waals surface area contributed by atoms with Gasteiger partial charge in [-0.2, -0.15) is 11.3 Å². The number of thiophene rings is 1. The van der Waals surface area contributed by atoms with Crippen LogP contribution in [0.15, 0.2) is 46.0 Å². The van der Waals surface area contributed by atoms with Gasteiger partial charge in [-0.15, -0.1) is 11.8 Å². The minimum atomic E-state index is 0.369. The smallest absolute Gasteiger partial charge is 0.0475 e. The molecule has 0 saturated carbocycles. The summed E-state index contributed by atoms with van der Waals surface area (Å²) >= 11 is 3.57. The summed E-state index contributed by atoms with van der Waals surface area (Å²) in [5, 5.41) is 4.66. The first-order valence-corrected chi connectivity index (χ1v) is 7.07. The molecular weight excluding hydrogens is 234 g/mol. The van der Waals surface area contributed by atoms with Crippen LogP contribution in [0.2, 0.25) is 0 Å². The second-order valence-electron chi connectivity index (χ2n) is 3.72. The molecule has 1 aromatic carbocycles. The first-order valence-electron chi connectivity index (χ1n) is 5.25. The summed E-state index contributed by atoms with van der Waals surface area (Å²) in [4.78, 5) is 1.29. The number of thioether (sulfide) groups is 1. The molecule has 0 amide bonds. The lowest BCUT2D eigenvalue weighted by atomic mass is 10.2. The molecule has 1 nitrogen and oxygen atoms in total. The van der Waals surface area contributed by atoms with Crippen molar-refractivity contribution in [3.8, 4) is 0 Å². The maximum Gasteiger partial charge on any atom is 0.0475 e. The van der Waals surface area contributed by atoms with Gasteiger partial charge in [0.1, 0.15) is 0 Å². The number of aryl methyl sites for hydroxylation is 1. The van der Waals surface area contributed by atoms with E-state index in [2.05, 4.69) is 48.0 Å². The Morgan fingerprint density at radius 1 is 1.38 bits per heavy atom. The average molecular weight is 249 g/mol. The maximum absolute atomic E-state index is 5.83. The monoisotopic (exact) mass is 249 g/mol. The fourth-order valence-electron chi connectivity index (χ4n) is 1.56. The van der Waals surface area contributed by atoms with E-state index in [1.807, 2.05) is 11.8 Å². The maximum atomic E-state index is 5.83. The van der Waals surface area contributed by atoms with Crippen LogP contribution in [0, 0.1) is 6.92 Å². The highest BCUT2D eigenvalue weighted by Gasteiger charge is 2.11. The van der Waals surface area contributed by atoms with Gasteiger partial charge in [0.15, 0.2) is 0 Å². The fraction of sp³-hybridized carbons (Fsp3) is 0.231. The number of rotatable bonds is 4. The Morgan fingerprint density at radius 3 is 2.88 bits per heavy atom. The van der Waals surface area contributed by atoms with Crippen molar-refractivity contribution in [1.29, 1.82) is 0 Å². The lowest BCUT2D eigenvalue weighted by molar-refractivity contribution is 0.946. The lowest BCUT2D eigenvalue weighted by Gasteiger charge is -2.13. The Bertz CT molecular complexity index is 437. The molecule has 0 saturated heterocycles. The van der Waals surface area contributed by atoms with E-state index in [4.69, 9.17) is 5.73 Å². The Kier molecular flexibility index (Phi) is 4.04. The van der Waals surface area contributed by atoms with E-state index in [-0.39, 0.29) is 0 Å². The first-order chi connectivity index (χ1) is 7.79. The van der Waals surface area contributed by atoms with Crippen molar-refractivity contribution in [2.24, 2.45) is 5.73 Å². The highest BCUT2D eigenvalue weighted by atomic mass is 32.2. The number of benzene rings is 1. The third-order valence-electron chi connectivity index (χ3n) is 2.40. The summed E-state index contributed by atoms with van der Waals surface area (Å²) in [6, 6.07) is 10.7. The molecule has 0 fully saturated rings. The van der Waals surface area contributed by atoms with Crippen molar-refractivity contribution in [3.63, 3.8) is 0 Å². The van der Waals surface area contributed by atoms with Crippen LogP contribution in [0.25, 0.3) is 0 Å². The van der Waals surface area contributed by atoms with Crippen molar-refractivity contribution < 1.29 is 0 Å². The van der Waals surface area contributed by atoms with Crippen LogP contribution in [0.1, 0.15) is 16.4 Å². The largest absolute Gasteiger partial charge is 0.329 e. The molecule has 1 unspecified atom stereocenters. The summed E-state index contributed by atoms with van der Waals surface area (Å²) in [5.41, 5.74) is 8.46. The summed E-state index contributed by atoms with van der Waals surface area (Å²) in [5.74, 6) is 0. The zero-order valence-corrected chi connectivity index (χ0v) is 10.9. The van der Waals surface area contributed by atoms with E-state index in [0.29, 0.717) is 11.8 Å². The van der Waals surface area contributed by atoms with Crippen molar-refractivity contribution in [2.75, 3.05) is 6.54 Å². The van der Waals surface area contributed by atoms with Gasteiger partial charge in [0.2, 0.25) is 0 Å². The molecule has 0 radical (unpaired) electrons. The van der Waals surface area contributed by atoms with E-state index in [1.165, 1.54) is 16.0 Å². The van der Waals surface area contributed by atoms with Gasteiger partial charge in [-0.25, -0.2) is 0 Å². The Balaban J connectivity index is 2.13. The Morgan fingerprint density at radius 2 is 2.25 bits per heavy atom. The third-order valence-corrected chi connectivity index (χ3v) is 4.37. The van der Waals surface area contributed by atoms with E-state index >= 15 is 0 Å². The predicted molar refractivity (Wildman–Crippen MR) is 73.2 cm³/mol. The van der Waals surface area contributed by atoms with Crippen LogP contribution in [0.3, 0.4) is 0 Å². The summed E-state index contributed by atoms with van der Waals surface area (Å²) < 4.78 is 0. The van der Waals surface area contributed by atoms with Crippen LogP contribution in [0.4, 0.5) is 0 Å². The number of hydrogen-bond donors (Lipinski definition) is 1. The summed E-state index contributed by atoms with van der Waals surface area (Å²) in [7, 11) is 0. The van der Waals surface area contributed by atoms with Crippen LogP contribution in [-0.2, 0) is 0 Å². The number of nitrogens with two attached hydrogens (primary N) is 1. The van der Waals surface area contributed by atoms with E-state index in [0.717, 1.165) is 0 Å². The van der Waals surface area contributed by atoms with Crippen molar-refractivity contribution >= 4 is 23.1 Å². The van der Waals surface area contributed by atoms with Gasteiger partial charge < -0.3 is 5.73 Å². The van der Waals surface area contributed by atoms with Gasteiger partial charge in [-0.1, -0.05) is 17.7 Å². The minimum absolute atomic E-state index is 0.369. The van der Waals surface area contributed by atoms with Gasteiger partial charge in [0, 0.05) is 16.7 Å². The lowest BCUT2D eigenvalue weighted by Crippen LogP contribution is -2.08. The van der Waals surface area contributed by atoms with E-state index in [9.17, 15) is 0 Å². The molecule has 0 aliphatic rings. The van der Waals surface area contributed by atoms with Gasteiger partial charge in [-0.05, 0) is 41.4 Å². The Hall–Kier alpha value is -0.770. The SMILES string of the molecule is Cc1cccc(SC(CN)c2ccsc2)c1. The molecule has 16 heavy (non-hydrogen) atoms. The predicted octanol–water partition coefficient (Wildman–Crippen LogP) is 3.85. The van der Waals surface area contributed by atoms with Crippen molar-refractivity contribution in [1.82, 2.24) is 0 Å². The third kappa shape index (κ3) is 2.88. The zero-order chi connectivity index (χ0) is 11.4. The molecule has 0 spiro atoms. The van der Waals surface area contributed by atoms with E-state index in [1.54, 1.807) is 11.3 Å². The molecule has 2 rings (SSSR count). The normalized spacial score (nSPS) is 12.6. The quantitative estimate of drug-likeness (QED) is 0.833. The van der Waals surface area contributed by atoms with Crippen molar-refractivity contribution in [3.05, 3.63) is 52.2 Å². The second-order valence-corrected chi connectivity index (χ2v) is 5.77. The number of hydrogen-bond acceptors (Lipinski definition) is 3. The molecule has 2 aromatic rings. The summed E-state index contributed by atoms with van der Waals surface area (Å²) in [6.07, 6.45) is 0. The summed E-state index contributed by atoms with van der Waals surface area (Å²) in [6.45, 7) is 2.79. The fourth-order valence-corrected chi connectivity index (χ4v) is 3.48. The van der Waals surface area contributed by atoms with Crippen LogP contribution < -0.4 is 5.73 Å². The molecule has 0 aliphatic heterocycles.